The van der Waals surface area contributed by atoms with Crippen molar-refractivity contribution in [2.45, 2.75) is 44.8 Å². The highest BCUT2D eigenvalue weighted by atomic mass is 16.5. The third kappa shape index (κ3) is 2.75. The van der Waals surface area contributed by atoms with Gasteiger partial charge in [-0.3, -0.25) is 0 Å². The van der Waals surface area contributed by atoms with Crippen molar-refractivity contribution in [2.75, 3.05) is 12.4 Å². The molecule has 1 saturated carbocycles. The van der Waals surface area contributed by atoms with Crippen molar-refractivity contribution >= 4 is 16.9 Å². The SMILES string of the molecule is COC1CCCC(Nc2nc3ccccc3nc2C)C1. The first-order valence-corrected chi connectivity index (χ1v) is 7.29. The third-order valence-electron chi connectivity index (χ3n) is 4.05. The molecular formula is C16H21N3O. The van der Waals surface area contributed by atoms with Gasteiger partial charge in [-0.25, -0.2) is 9.97 Å². The van der Waals surface area contributed by atoms with Crippen molar-refractivity contribution in [1.82, 2.24) is 9.97 Å². The molecule has 0 bridgehead atoms. The Kier molecular flexibility index (Phi) is 3.83. The standard InChI is InChI=1S/C16H21N3O/c1-11-16(18-12-6-5-7-13(10-12)20-2)19-15-9-4-3-8-14(15)17-11/h3-4,8-9,12-13H,5-7,10H2,1-2H3,(H,18,19). The molecule has 0 radical (unpaired) electrons. The molecule has 1 aliphatic carbocycles. The number of hydrogen-bond donors (Lipinski definition) is 1. The summed E-state index contributed by atoms with van der Waals surface area (Å²) < 4.78 is 5.48. The highest BCUT2D eigenvalue weighted by Crippen LogP contribution is 2.25. The lowest BCUT2D eigenvalue weighted by Crippen LogP contribution is -2.31. The number of nitrogens with one attached hydrogen (secondary N) is 1. The van der Waals surface area contributed by atoms with E-state index in [1.54, 1.807) is 7.11 Å². The number of benzene rings is 1. The number of ether oxygens (including phenoxy) is 1. The van der Waals surface area contributed by atoms with Crippen LogP contribution >= 0.6 is 0 Å². The number of aryl methyl sites for hydroxylation is 1. The molecule has 1 aromatic heterocycles. The van der Waals surface area contributed by atoms with Gasteiger partial charge < -0.3 is 10.1 Å². The minimum Gasteiger partial charge on any atom is -0.381 e. The fourth-order valence-electron chi connectivity index (χ4n) is 2.91. The number of para-hydroxylation sites is 2. The van der Waals surface area contributed by atoms with Gasteiger partial charge in [0.2, 0.25) is 0 Å². The molecule has 2 aromatic rings. The first-order valence-electron chi connectivity index (χ1n) is 7.29. The van der Waals surface area contributed by atoms with E-state index in [2.05, 4.69) is 10.3 Å². The third-order valence-corrected chi connectivity index (χ3v) is 4.05. The number of rotatable bonds is 3. The minimum atomic E-state index is 0.370. The van der Waals surface area contributed by atoms with Crippen molar-refractivity contribution in [3.63, 3.8) is 0 Å². The Bertz CT molecular complexity index is 599. The maximum absolute atomic E-state index is 5.48. The summed E-state index contributed by atoms with van der Waals surface area (Å²) in [4.78, 5) is 9.33. The number of aromatic nitrogens is 2. The summed E-state index contributed by atoms with van der Waals surface area (Å²) >= 11 is 0. The second-order valence-corrected chi connectivity index (χ2v) is 5.51. The lowest BCUT2D eigenvalue weighted by atomic mass is 9.93. The second-order valence-electron chi connectivity index (χ2n) is 5.51. The average molecular weight is 271 g/mol. The van der Waals surface area contributed by atoms with Crippen LogP contribution in [-0.4, -0.2) is 29.2 Å². The summed E-state index contributed by atoms with van der Waals surface area (Å²) in [6, 6.07) is 8.43. The van der Waals surface area contributed by atoms with Crippen molar-refractivity contribution < 1.29 is 4.74 Å². The number of fused-ring (bicyclic) bond motifs is 1. The number of anilines is 1. The van der Waals surface area contributed by atoms with Crippen molar-refractivity contribution in [2.24, 2.45) is 0 Å². The summed E-state index contributed by atoms with van der Waals surface area (Å²) in [5.74, 6) is 0.908. The maximum atomic E-state index is 5.48. The molecule has 1 N–H and O–H groups in total. The molecule has 4 nitrogen and oxygen atoms in total. The van der Waals surface area contributed by atoms with Crippen LogP contribution in [0.25, 0.3) is 11.0 Å². The van der Waals surface area contributed by atoms with Gasteiger partial charge in [-0.2, -0.15) is 0 Å². The molecule has 0 aliphatic heterocycles. The van der Waals surface area contributed by atoms with Crippen molar-refractivity contribution in [3.8, 4) is 0 Å². The molecule has 1 aliphatic rings. The average Bonchev–Trinajstić information content (AvgIpc) is 2.48. The number of methoxy groups -OCH3 is 1. The van der Waals surface area contributed by atoms with E-state index in [0.29, 0.717) is 12.1 Å². The number of nitrogens with zero attached hydrogens (tertiary/aromatic N) is 2. The summed E-state index contributed by atoms with van der Waals surface area (Å²) in [6.07, 6.45) is 4.96. The zero-order valence-corrected chi connectivity index (χ0v) is 12.1. The smallest absolute Gasteiger partial charge is 0.148 e. The summed E-state index contributed by atoms with van der Waals surface area (Å²) in [5, 5.41) is 3.55. The summed E-state index contributed by atoms with van der Waals surface area (Å²) in [6.45, 7) is 2.01. The van der Waals surface area contributed by atoms with E-state index in [-0.39, 0.29) is 0 Å². The zero-order chi connectivity index (χ0) is 13.9. The molecule has 3 rings (SSSR count). The van der Waals surface area contributed by atoms with Gasteiger partial charge >= 0.3 is 0 Å². The van der Waals surface area contributed by atoms with Gasteiger partial charge in [-0.15, -0.1) is 0 Å². The van der Waals surface area contributed by atoms with Crippen LogP contribution in [0.3, 0.4) is 0 Å². The van der Waals surface area contributed by atoms with E-state index in [1.807, 2.05) is 31.2 Å². The Morgan fingerprint density at radius 1 is 1.15 bits per heavy atom. The van der Waals surface area contributed by atoms with Crippen molar-refractivity contribution in [3.05, 3.63) is 30.0 Å². The molecule has 20 heavy (non-hydrogen) atoms. The van der Waals surface area contributed by atoms with Gasteiger partial charge in [0.05, 0.1) is 22.8 Å². The maximum Gasteiger partial charge on any atom is 0.148 e. The van der Waals surface area contributed by atoms with Crippen LogP contribution in [0, 0.1) is 6.92 Å². The lowest BCUT2D eigenvalue weighted by molar-refractivity contribution is 0.0669. The van der Waals surface area contributed by atoms with Gasteiger partial charge in [0, 0.05) is 13.2 Å². The minimum absolute atomic E-state index is 0.370. The normalized spacial score (nSPS) is 22.9. The highest BCUT2D eigenvalue weighted by molar-refractivity contribution is 5.76. The molecule has 2 unspecified atom stereocenters. The Hall–Kier alpha value is -1.68. The highest BCUT2D eigenvalue weighted by Gasteiger charge is 2.22. The fourth-order valence-corrected chi connectivity index (χ4v) is 2.91. The molecular weight excluding hydrogens is 250 g/mol. The second kappa shape index (κ2) is 5.75. The first-order chi connectivity index (χ1) is 9.76. The van der Waals surface area contributed by atoms with E-state index in [4.69, 9.17) is 9.72 Å². The molecule has 106 valence electrons. The van der Waals surface area contributed by atoms with E-state index in [9.17, 15) is 0 Å². The summed E-state index contributed by atoms with van der Waals surface area (Å²) in [7, 11) is 1.80. The van der Waals surface area contributed by atoms with Gasteiger partial charge in [-0.05, 0) is 44.7 Å². The van der Waals surface area contributed by atoms with Gasteiger partial charge in [0.15, 0.2) is 0 Å². The van der Waals surface area contributed by atoms with Crippen LogP contribution in [-0.2, 0) is 4.74 Å². The monoisotopic (exact) mass is 271 g/mol. The van der Waals surface area contributed by atoms with Crippen LogP contribution in [0.1, 0.15) is 31.4 Å². The van der Waals surface area contributed by atoms with Gasteiger partial charge in [0.25, 0.3) is 0 Å². The molecule has 0 amide bonds. The lowest BCUT2D eigenvalue weighted by Gasteiger charge is -2.29. The molecule has 0 spiro atoms. The molecule has 0 saturated heterocycles. The van der Waals surface area contributed by atoms with Crippen molar-refractivity contribution in [1.29, 1.82) is 0 Å². The predicted molar refractivity (Wildman–Crippen MR) is 81.0 cm³/mol. The predicted octanol–water partition coefficient (Wildman–Crippen LogP) is 3.31. The largest absolute Gasteiger partial charge is 0.381 e. The molecule has 2 atom stereocenters. The first kappa shape index (κ1) is 13.3. The molecule has 1 aromatic carbocycles. The summed E-state index contributed by atoms with van der Waals surface area (Å²) in [5.41, 5.74) is 2.86. The van der Waals surface area contributed by atoms with E-state index in [1.165, 1.54) is 12.8 Å². The van der Waals surface area contributed by atoms with E-state index >= 15 is 0 Å². The van der Waals surface area contributed by atoms with E-state index < -0.39 is 0 Å². The number of hydrogen-bond acceptors (Lipinski definition) is 4. The molecule has 1 heterocycles. The quantitative estimate of drug-likeness (QED) is 0.930. The topological polar surface area (TPSA) is 47.0 Å². The van der Waals surface area contributed by atoms with Gasteiger partial charge in [0.1, 0.15) is 5.82 Å². The zero-order valence-electron chi connectivity index (χ0n) is 12.1. The van der Waals surface area contributed by atoms with E-state index in [0.717, 1.165) is 35.4 Å². The van der Waals surface area contributed by atoms with Crippen LogP contribution in [0.5, 0.6) is 0 Å². The van der Waals surface area contributed by atoms with Gasteiger partial charge in [-0.1, -0.05) is 12.1 Å². The fraction of sp³-hybridized carbons (Fsp3) is 0.500. The Morgan fingerprint density at radius 2 is 1.90 bits per heavy atom. The Labute approximate surface area is 119 Å². The molecule has 1 fully saturated rings. The Balaban J connectivity index is 1.81. The molecule has 4 heteroatoms. The van der Waals surface area contributed by atoms with Crippen LogP contribution in [0.4, 0.5) is 5.82 Å². The van der Waals surface area contributed by atoms with Crippen LogP contribution in [0.2, 0.25) is 0 Å². The van der Waals surface area contributed by atoms with Crippen LogP contribution in [0.15, 0.2) is 24.3 Å². The van der Waals surface area contributed by atoms with Crippen LogP contribution < -0.4 is 5.32 Å². The Morgan fingerprint density at radius 3 is 2.65 bits per heavy atom.